The van der Waals surface area contributed by atoms with E-state index in [-0.39, 0.29) is 29.6 Å². The molecule has 8 nitrogen and oxygen atoms in total. The third kappa shape index (κ3) is 4.60. The molecule has 2 aromatic rings. The summed E-state index contributed by atoms with van der Waals surface area (Å²) in [4.78, 5) is 27.2. The molecule has 9 heteroatoms. The summed E-state index contributed by atoms with van der Waals surface area (Å²) in [7, 11) is -2.33. The number of nitrogens with zero attached hydrogens (tertiary/aromatic N) is 3. The fourth-order valence-corrected chi connectivity index (χ4v) is 6.21. The Kier molecular flexibility index (Phi) is 6.71. The summed E-state index contributed by atoms with van der Waals surface area (Å²) in [5, 5.41) is 0. The maximum Gasteiger partial charge on any atom is 0.354 e. The molecule has 2 aliphatic heterocycles. The fourth-order valence-electron chi connectivity index (χ4n) is 4.49. The molecule has 1 amide bonds. The Morgan fingerprint density at radius 1 is 1.15 bits per heavy atom. The number of hydrogen-bond acceptors (Lipinski definition) is 5. The van der Waals surface area contributed by atoms with Gasteiger partial charge in [-0.2, -0.15) is 4.31 Å². The van der Waals surface area contributed by atoms with Crippen molar-refractivity contribution in [2.75, 3.05) is 26.2 Å². The Bertz CT molecular complexity index is 1170. The number of sulfonamides is 1. The maximum atomic E-state index is 13.4. The van der Waals surface area contributed by atoms with Crippen molar-refractivity contribution in [1.82, 2.24) is 13.8 Å². The third-order valence-corrected chi connectivity index (χ3v) is 8.10. The Balaban J connectivity index is 1.51. The van der Waals surface area contributed by atoms with E-state index in [1.165, 1.54) is 26.7 Å². The number of aromatic nitrogens is 1. The molecule has 0 spiro atoms. The lowest BCUT2D eigenvalue weighted by Gasteiger charge is -2.31. The first-order valence-electron chi connectivity index (χ1n) is 11.2. The summed E-state index contributed by atoms with van der Waals surface area (Å²) in [5.41, 5.74) is 2.51. The van der Waals surface area contributed by atoms with Crippen LogP contribution in [0.2, 0.25) is 0 Å². The first-order chi connectivity index (χ1) is 15.8. The highest BCUT2D eigenvalue weighted by Gasteiger charge is 2.42. The van der Waals surface area contributed by atoms with Gasteiger partial charge in [0.25, 0.3) is 0 Å². The van der Waals surface area contributed by atoms with Crippen LogP contribution in [0, 0.1) is 0 Å². The van der Waals surface area contributed by atoms with Crippen LogP contribution in [0.5, 0.6) is 0 Å². The van der Waals surface area contributed by atoms with Gasteiger partial charge in [0.15, 0.2) is 0 Å². The van der Waals surface area contributed by atoms with Crippen molar-refractivity contribution in [2.45, 2.75) is 37.1 Å². The zero-order valence-corrected chi connectivity index (χ0v) is 19.8. The second-order valence-corrected chi connectivity index (χ2v) is 10.2. The highest BCUT2D eigenvalue weighted by atomic mass is 32.2. The van der Waals surface area contributed by atoms with E-state index in [0.717, 1.165) is 12.0 Å². The molecular weight excluding hydrogens is 442 g/mol. The first kappa shape index (κ1) is 23.3. The second kappa shape index (κ2) is 9.52. The minimum Gasteiger partial charge on any atom is -0.461 e. The SMILES string of the molecule is CCOC(=O)c1cc(S(=O)(=O)N2CCC[C@@H]2C(=O)N2CC=C(c3ccccc3)CC2)cn1C. The lowest BCUT2D eigenvalue weighted by Crippen LogP contribution is -2.48. The Hall–Kier alpha value is -2.91. The molecule has 176 valence electrons. The minimum absolute atomic E-state index is 0.00217. The summed E-state index contributed by atoms with van der Waals surface area (Å²) in [5.74, 6) is -0.745. The number of amides is 1. The van der Waals surface area contributed by atoms with Crippen LogP contribution < -0.4 is 0 Å². The van der Waals surface area contributed by atoms with Gasteiger partial charge in [-0.05, 0) is 43.4 Å². The lowest BCUT2D eigenvalue weighted by atomic mass is 9.99. The van der Waals surface area contributed by atoms with Gasteiger partial charge in [0.05, 0.1) is 6.61 Å². The predicted molar refractivity (Wildman–Crippen MR) is 124 cm³/mol. The molecule has 0 radical (unpaired) electrons. The molecule has 4 rings (SSSR count). The van der Waals surface area contributed by atoms with E-state index in [1.54, 1.807) is 18.9 Å². The number of rotatable bonds is 6. The van der Waals surface area contributed by atoms with Crippen molar-refractivity contribution in [1.29, 1.82) is 0 Å². The largest absolute Gasteiger partial charge is 0.461 e. The van der Waals surface area contributed by atoms with Crippen LogP contribution in [-0.2, 0) is 26.6 Å². The summed E-state index contributed by atoms with van der Waals surface area (Å²) in [6.45, 7) is 3.19. The number of carbonyl (C=O) groups excluding carboxylic acids is 2. The lowest BCUT2D eigenvalue weighted by molar-refractivity contribution is -0.134. The van der Waals surface area contributed by atoms with Crippen LogP contribution in [0.25, 0.3) is 5.57 Å². The van der Waals surface area contributed by atoms with E-state index in [0.29, 0.717) is 25.9 Å². The average molecular weight is 472 g/mol. The number of carbonyl (C=O) groups is 2. The smallest absolute Gasteiger partial charge is 0.354 e. The number of ether oxygens (including phenoxy) is 1. The maximum absolute atomic E-state index is 13.4. The van der Waals surface area contributed by atoms with Gasteiger partial charge in [-0.1, -0.05) is 36.4 Å². The Morgan fingerprint density at radius 3 is 2.58 bits per heavy atom. The fraction of sp³-hybridized carbons (Fsp3) is 0.417. The highest BCUT2D eigenvalue weighted by Crippen LogP contribution is 2.30. The summed E-state index contributed by atoms with van der Waals surface area (Å²) >= 11 is 0. The molecule has 2 aliphatic rings. The number of hydrogen-bond donors (Lipinski definition) is 0. The summed E-state index contributed by atoms with van der Waals surface area (Å²) < 4.78 is 34.5. The van der Waals surface area contributed by atoms with Gasteiger partial charge in [-0.25, -0.2) is 13.2 Å². The van der Waals surface area contributed by atoms with Gasteiger partial charge in [0.1, 0.15) is 16.6 Å². The normalized spacial score (nSPS) is 19.4. The van der Waals surface area contributed by atoms with Gasteiger partial charge < -0.3 is 14.2 Å². The number of esters is 1. The molecular formula is C24H29N3O5S. The van der Waals surface area contributed by atoms with Crippen LogP contribution >= 0.6 is 0 Å². The van der Waals surface area contributed by atoms with E-state index >= 15 is 0 Å². The predicted octanol–water partition coefficient (Wildman–Crippen LogP) is 2.67. The molecule has 0 bridgehead atoms. The third-order valence-electron chi connectivity index (χ3n) is 6.23. The van der Waals surface area contributed by atoms with Crippen molar-refractivity contribution >= 4 is 27.5 Å². The molecule has 0 N–H and O–H groups in total. The van der Waals surface area contributed by atoms with Gasteiger partial charge >= 0.3 is 5.97 Å². The van der Waals surface area contributed by atoms with E-state index < -0.39 is 22.0 Å². The minimum atomic E-state index is -3.93. The standard InChI is InChI=1S/C24H29N3O5S/c1-3-32-24(29)22-16-20(17-25(22)2)33(30,31)27-13-7-10-21(27)23(28)26-14-11-19(12-15-26)18-8-5-4-6-9-18/h4-6,8-9,11,16-17,21H,3,7,10,12-15H2,1-2H3/t21-/m1/s1. The van der Waals surface area contributed by atoms with Crippen LogP contribution in [0.4, 0.5) is 0 Å². The van der Waals surface area contributed by atoms with Crippen molar-refractivity contribution in [2.24, 2.45) is 7.05 Å². The Labute approximate surface area is 194 Å². The molecule has 1 aromatic carbocycles. The number of benzene rings is 1. The molecule has 1 saturated heterocycles. The van der Waals surface area contributed by atoms with E-state index in [4.69, 9.17) is 4.74 Å². The zero-order chi connectivity index (χ0) is 23.6. The van der Waals surface area contributed by atoms with Crippen molar-refractivity contribution in [3.63, 3.8) is 0 Å². The van der Waals surface area contributed by atoms with E-state index in [9.17, 15) is 18.0 Å². The van der Waals surface area contributed by atoms with E-state index in [2.05, 4.69) is 12.1 Å². The first-order valence-corrected chi connectivity index (χ1v) is 12.7. The highest BCUT2D eigenvalue weighted by molar-refractivity contribution is 7.89. The summed E-state index contributed by atoms with van der Waals surface area (Å²) in [6, 6.07) is 10.7. The van der Waals surface area contributed by atoms with Crippen molar-refractivity contribution < 1.29 is 22.7 Å². The molecule has 0 unspecified atom stereocenters. The van der Waals surface area contributed by atoms with Crippen LogP contribution in [0.3, 0.4) is 0 Å². The molecule has 33 heavy (non-hydrogen) atoms. The van der Waals surface area contributed by atoms with E-state index in [1.807, 2.05) is 24.3 Å². The van der Waals surface area contributed by atoms with Crippen LogP contribution in [-0.4, -0.2) is 66.3 Å². The van der Waals surface area contributed by atoms with Gasteiger partial charge in [0, 0.05) is 32.9 Å². The molecule has 3 heterocycles. The van der Waals surface area contributed by atoms with Gasteiger partial charge in [-0.15, -0.1) is 0 Å². The van der Waals surface area contributed by atoms with Crippen molar-refractivity contribution in [3.05, 3.63) is 59.9 Å². The Morgan fingerprint density at radius 2 is 1.91 bits per heavy atom. The molecule has 1 atom stereocenters. The van der Waals surface area contributed by atoms with Crippen molar-refractivity contribution in [3.8, 4) is 0 Å². The zero-order valence-electron chi connectivity index (χ0n) is 18.9. The number of aryl methyl sites for hydroxylation is 1. The van der Waals surface area contributed by atoms with Gasteiger partial charge in [-0.3, -0.25) is 4.79 Å². The van der Waals surface area contributed by atoms with Gasteiger partial charge in [0.2, 0.25) is 15.9 Å². The van der Waals surface area contributed by atoms with Crippen LogP contribution in [0.15, 0.2) is 53.6 Å². The quantitative estimate of drug-likeness (QED) is 0.605. The van der Waals surface area contributed by atoms with Crippen LogP contribution in [0.1, 0.15) is 42.2 Å². The molecule has 1 aromatic heterocycles. The monoisotopic (exact) mass is 471 g/mol. The second-order valence-electron chi connectivity index (χ2n) is 8.30. The summed E-state index contributed by atoms with van der Waals surface area (Å²) in [6.07, 6.45) is 5.29. The molecule has 1 fully saturated rings. The average Bonchev–Trinajstić information content (AvgIpc) is 3.47. The topological polar surface area (TPSA) is 88.9 Å². The molecule has 0 saturated carbocycles. The molecule has 0 aliphatic carbocycles.